The van der Waals surface area contributed by atoms with Crippen molar-refractivity contribution < 1.29 is 9.13 Å². The highest BCUT2D eigenvalue weighted by Gasteiger charge is 2.21. The van der Waals surface area contributed by atoms with Crippen LogP contribution < -0.4 is 5.73 Å². The van der Waals surface area contributed by atoms with E-state index >= 15 is 0 Å². The number of ether oxygens (including phenoxy) is 1. The van der Waals surface area contributed by atoms with Crippen LogP contribution in [0.3, 0.4) is 0 Å². The zero-order valence-electron chi connectivity index (χ0n) is 9.00. The first-order valence-corrected chi connectivity index (χ1v) is 5.37. The van der Waals surface area contributed by atoms with E-state index in [0.29, 0.717) is 18.1 Å². The van der Waals surface area contributed by atoms with Crippen LogP contribution in [0, 0.1) is 17.1 Å². The minimum absolute atomic E-state index is 0.122. The highest BCUT2D eigenvalue weighted by Crippen LogP contribution is 2.29. The van der Waals surface area contributed by atoms with Crippen molar-refractivity contribution in [1.82, 2.24) is 0 Å². The van der Waals surface area contributed by atoms with Crippen molar-refractivity contribution in [2.45, 2.75) is 19.4 Å². The normalized spacial score (nSPS) is 15.1. The highest BCUT2D eigenvalue weighted by atomic mass is 19.1. The van der Waals surface area contributed by atoms with Gasteiger partial charge in [-0.05, 0) is 42.5 Å². The number of nitrogen functional groups attached to an aromatic ring is 1. The Hall–Kier alpha value is -1.42. The molecule has 0 bridgehead atoms. The fourth-order valence-electron chi connectivity index (χ4n) is 1.52. The number of nitrogens with two attached hydrogens (primary N) is 1. The molecule has 1 aromatic rings. The monoisotopic (exact) mass is 222 g/mol. The van der Waals surface area contributed by atoms with E-state index in [-0.39, 0.29) is 11.7 Å². The molecule has 1 saturated carbocycles. The number of rotatable bonds is 5. The van der Waals surface area contributed by atoms with Crippen molar-refractivity contribution in [3.05, 3.63) is 35.1 Å². The summed E-state index contributed by atoms with van der Waals surface area (Å²) in [6.07, 6.45) is 2.48. The maximum Gasteiger partial charge on any atom is 0.124 e. The molecular formula is C12H15FN2O. The number of nitrogens with one attached hydrogen (secondary N) is 1. The van der Waals surface area contributed by atoms with Gasteiger partial charge in [0.25, 0.3) is 0 Å². The molecule has 0 aliphatic heterocycles. The van der Waals surface area contributed by atoms with Crippen molar-refractivity contribution in [1.29, 1.82) is 5.41 Å². The Kier molecular flexibility index (Phi) is 3.19. The molecule has 3 N–H and O–H groups in total. The zero-order valence-corrected chi connectivity index (χ0v) is 9.00. The standard InChI is InChI=1S/C12H15FN2O/c13-11-4-9(3-10(5-11)12(14)15)7-16-6-8-1-2-8/h3-5,8H,1-2,6-7H2,(H3,14,15). The van der Waals surface area contributed by atoms with Crippen LogP contribution in [0.4, 0.5) is 4.39 Å². The van der Waals surface area contributed by atoms with E-state index in [4.69, 9.17) is 15.9 Å². The summed E-state index contributed by atoms with van der Waals surface area (Å²) in [4.78, 5) is 0. The molecule has 0 heterocycles. The first kappa shape index (κ1) is 11.1. The Morgan fingerprint density at radius 2 is 2.19 bits per heavy atom. The van der Waals surface area contributed by atoms with Gasteiger partial charge in [-0.25, -0.2) is 4.39 Å². The predicted octanol–water partition coefficient (Wildman–Crippen LogP) is 2.04. The predicted molar refractivity (Wildman–Crippen MR) is 59.8 cm³/mol. The lowest BCUT2D eigenvalue weighted by molar-refractivity contribution is 0.111. The summed E-state index contributed by atoms with van der Waals surface area (Å²) in [6, 6.07) is 4.37. The Bertz CT molecular complexity index is 402. The third-order valence-corrected chi connectivity index (χ3v) is 2.59. The molecule has 2 rings (SSSR count). The van der Waals surface area contributed by atoms with Gasteiger partial charge in [0.1, 0.15) is 11.7 Å². The first-order valence-electron chi connectivity index (χ1n) is 5.37. The van der Waals surface area contributed by atoms with Crippen LogP contribution in [-0.2, 0) is 11.3 Å². The first-order chi connectivity index (χ1) is 7.65. The summed E-state index contributed by atoms with van der Waals surface area (Å²) in [5.41, 5.74) is 6.45. The number of hydrogen-bond acceptors (Lipinski definition) is 2. The quantitative estimate of drug-likeness (QED) is 0.591. The van der Waals surface area contributed by atoms with E-state index < -0.39 is 0 Å². The maximum absolute atomic E-state index is 13.2. The largest absolute Gasteiger partial charge is 0.384 e. The van der Waals surface area contributed by atoms with Gasteiger partial charge in [0.2, 0.25) is 0 Å². The third-order valence-electron chi connectivity index (χ3n) is 2.59. The lowest BCUT2D eigenvalue weighted by Crippen LogP contribution is -2.12. The summed E-state index contributed by atoms with van der Waals surface area (Å²) in [6.45, 7) is 1.13. The molecule has 4 heteroatoms. The van der Waals surface area contributed by atoms with Crippen molar-refractivity contribution >= 4 is 5.84 Å². The number of halogens is 1. The van der Waals surface area contributed by atoms with E-state index in [9.17, 15) is 4.39 Å². The van der Waals surface area contributed by atoms with Crippen molar-refractivity contribution in [2.24, 2.45) is 11.7 Å². The lowest BCUT2D eigenvalue weighted by atomic mass is 10.1. The number of hydrogen-bond donors (Lipinski definition) is 2. The van der Waals surface area contributed by atoms with E-state index in [2.05, 4.69) is 0 Å². The van der Waals surface area contributed by atoms with Crippen LogP contribution in [0.1, 0.15) is 24.0 Å². The molecule has 1 aliphatic rings. The second-order valence-electron chi connectivity index (χ2n) is 4.22. The Balaban J connectivity index is 1.98. The summed E-state index contributed by atoms with van der Waals surface area (Å²) in [5.74, 6) is 0.196. The fraction of sp³-hybridized carbons (Fsp3) is 0.417. The van der Waals surface area contributed by atoms with Gasteiger partial charge in [-0.3, -0.25) is 5.41 Å². The molecule has 0 saturated heterocycles. The number of amidine groups is 1. The van der Waals surface area contributed by atoms with Crippen molar-refractivity contribution in [2.75, 3.05) is 6.61 Å². The molecule has 16 heavy (non-hydrogen) atoms. The molecule has 0 atom stereocenters. The second kappa shape index (κ2) is 4.61. The minimum atomic E-state index is -0.377. The van der Waals surface area contributed by atoms with E-state index in [0.717, 1.165) is 12.2 Å². The van der Waals surface area contributed by atoms with Gasteiger partial charge in [0, 0.05) is 12.2 Å². The van der Waals surface area contributed by atoms with E-state index in [1.165, 1.54) is 25.0 Å². The molecule has 0 aromatic heterocycles. The molecule has 1 fully saturated rings. The Labute approximate surface area is 93.9 Å². The molecule has 3 nitrogen and oxygen atoms in total. The average molecular weight is 222 g/mol. The molecule has 0 amide bonds. The van der Waals surface area contributed by atoms with Gasteiger partial charge >= 0.3 is 0 Å². The second-order valence-corrected chi connectivity index (χ2v) is 4.22. The van der Waals surface area contributed by atoms with Crippen LogP contribution in [0.5, 0.6) is 0 Å². The Morgan fingerprint density at radius 1 is 1.44 bits per heavy atom. The van der Waals surface area contributed by atoms with Gasteiger partial charge in [0.15, 0.2) is 0 Å². The highest BCUT2D eigenvalue weighted by molar-refractivity contribution is 5.95. The smallest absolute Gasteiger partial charge is 0.124 e. The number of benzene rings is 1. The van der Waals surface area contributed by atoms with Gasteiger partial charge in [-0.1, -0.05) is 0 Å². The topological polar surface area (TPSA) is 59.1 Å². The van der Waals surface area contributed by atoms with Crippen molar-refractivity contribution in [3.8, 4) is 0 Å². The minimum Gasteiger partial charge on any atom is -0.384 e. The van der Waals surface area contributed by atoms with Crippen molar-refractivity contribution in [3.63, 3.8) is 0 Å². The summed E-state index contributed by atoms with van der Waals surface area (Å²) in [7, 11) is 0. The van der Waals surface area contributed by atoms with Gasteiger partial charge < -0.3 is 10.5 Å². The van der Waals surface area contributed by atoms with Crippen LogP contribution in [0.15, 0.2) is 18.2 Å². The molecule has 1 aliphatic carbocycles. The molecular weight excluding hydrogens is 207 g/mol. The average Bonchev–Trinajstić information content (AvgIpc) is 3.01. The van der Waals surface area contributed by atoms with E-state index in [1.54, 1.807) is 6.07 Å². The molecule has 1 aromatic carbocycles. The van der Waals surface area contributed by atoms with Crippen LogP contribution in [-0.4, -0.2) is 12.4 Å². The molecule has 0 radical (unpaired) electrons. The van der Waals surface area contributed by atoms with Crippen LogP contribution in [0.2, 0.25) is 0 Å². The SMILES string of the molecule is N=C(N)c1cc(F)cc(COCC2CC2)c1. The van der Waals surface area contributed by atoms with Gasteiger partial charge in [-0.2, -0.15) is 0 Å². The molecule has 0 spiro atoms. The molecule has 0 unspecified atom stereocenters. The summed E-state index contributed by atoms with van der Waals surface area (Å²) >= 11 is 0. The van der Waals surface area contributed by atoms with Crippen LogP contribution >= 0.6 is 0 Å². The van der Waals surface area contributed by atoms with E-state index in [1.807, 2.05) is 0 Å². The Morgan fingerprint density at radius 3 is 2.81 bits per heavy atom. The zero-order chi connectivity index (χ0) is 11.5. The van der Waals surface area contributed by atoms with Gasteiger partial charge in [-0.15, -0.1) is 0 Å². The lowest BCUT2D eigenvalue weighted by Gasteiger charge is -2.06. The van der Waals surface area contributed by atoms with Gasteiger partial charge in [0.05, 0.1) is 6.61 Å². The fourth-order valence-corrected chi connectivity index (χ4v) is 1.52. The summed E-state index contributed by atoms with van der Waals surface area (Å²) in [5, 5.41) is 7.25. The molecule has 86 valence electrons. The third kappa shape index (κ3) is 3.03. The van der Waals surface area contributed by atoms with Crippen LogP contribution in [0.25, 0.3) is 0 Å². The maximum atomic E-state index is 13.2. The summed E-state index contributed by atoms with van der Waals surface area (Å²) < 4.78 is 18.6.